The molecule has 0 spiro atoms. The highest BCUT2D eigenvalue weighted by atomic mass is 16.7. The molecule has 222 valence electrons. The normalized spacial score (nSPS) is 14.6. The summed E-state index contributed by atoms with van der Waals surface area (Å²) in [5, 5.41) is 10.6. The van der Waals surface area contributed by atoms with E-state index in [9.17, 15) is 5.11 Å². The first-order chi connectivity index (χ1) is 19.1. The maximum Gasteiger partial charge on any atom is 0.160 e. The van der Waals surface area contributed by atoms with E-state index < -0.39 is 6.10 Å². The summed E-state index contributed by atoms with van der Waals surface area (Å²) < 4.78 is 28.8. The Labute approximate surface area is 238 Å². The lowest BCUT2D eigenvalue weighted by Gasteiger charge is -2.16. The van der Waals surface area contributed by atoms with E-state index in [1.165, 1.54) is 19.3 Å². The second-order valence-corrected chi connectivity index (χ2v) is 9.24. The molecule has 0 heterocycles. The van der Waals surface area contributed by atoms with Crippen LogP contribution in [0.4, 0.5) is 0 Å². The standard InChI is InChI=1S/C33H54O6/c1-6-11-12-13-27-39-31-25-23-28(24-26-31)32(34)21-15-19-29(35-7-2)17-14-18-30(36-8-3)20-16-22-33(37-9-4)38-10-5/h14-17,20-21,23-26,29-30,32-34H,6-13,18-19,22,27H2,1-5H3/b17-14+,20-16+,21-15+. The summed E-state index contributed by atoms with van der Waals surface area (Å²) in [6.07, 6.45) is 18.0. The van der Waals surface area contributed by atoms with Crippen LogP contribution in [0, 0.1) is 0 Å². The fraction of sp³-hybridized carbons (Fsp3) is 0.636. The van der Waals surface area contributed by atoms with Crippen LogP contribution in [0.2, 0.25) is 0 Å². The van der Waals surface area contributed by atoms with Gasteiger partial charge >= 0.3 is 0 Å². The summed E-state index contributed by atoms with van der Waals surface area (Å²) >= 11 is 0. The Morgan fingerprint density at radius 3 is 1.72 bits per heavy atom. The lowest BCUT2D eigenvalue weighted by Crippen LogP contribution is -2.16. The fourth-order valence-electron chi connectivity index (χ4n) is 4.03. The van der Waals surface area contributed by atoms with Crippen LogP contribution in [-0.2, 0) is 18.9 Å². The Morgan fingerprint density at radius 2 is 1.18 bits per heavy atom. The summed E-state index contributed by atoms with van der Waals surface area (Å²) in [6.45, 7) is 13.4. The van der Waals surface area contributed by atoms with Crippen molar-refractivity contribution < 1.29 is 28.8 Å². The van der Waals surface area contributed by atoms with Crippen LogP contribution in [0.3, 0.4) is 0 Å². The van der Waals surface area contributed by atoms with Crippen LogP contribution in [0.25, 0.3) is 0 Å². The van der Waals surface area contributed by atoms with Crippen LogP contribution in [-0.4, -0.2) is 56.6 Å². The summed E-state index contributed by atoms with van der Waals surface area (Å²) in [6, 6.07) is 7.69. The van der Waals surface area contributed by atoms with E-state index in [0.717, 1.165) is 30.8 Å². The van der Waals surface area contributed by atoms with Gasteiger partial charge in [-0.3, -0.25) is 0 Å². The van der Waals surface area contributed by atoms with E-state index >= 15 is 0 Å². The zero-order valence-corrected chi connectivity index (χ0v) is 25.1. The zero-order valence-electron chi connectivity index (χ0n) is 25.1. The van der Waals surface area contributed by atoms with Gasteiger partial charge in [0.1, 0.15) is 5.75 Å². The van der Waals surface area contributed by atoms with Crippen LogP contribution >= 0.6 is 0 Å². The molecular weight excluding hydrogens is 492 g/mol. The minimum Gasteiger partial charge on any atom is -0.494 e. The average Bonchev–Trinajstić information content (AvgIpc) is 2.93. The number of hydrogen-bond acceptors (Lipinski definition) is 6. The Balaban J connectivity index is 2.56. The molecule has 0 aromatic heterocycles. The van der Waals surface area contributed by atoms with Gasteiger partial charge in [-0.05, 0) is 64.7 Å². The summed E-state index contributed by atoms with van der Waals surface area (Å²) in [5.41, 5.74) is 0.843. The van der Waals surface area contributed by atoms with Gasteiger partial charge in [0.25, 0.3) is 0 Å². The van der Waals surface area contributed by atoms with Crippen molar-refractivity contribution in [1.82, 2.24) is 0 Å². The van der Waals surface area contributed by atoms with Gasteiger partial charge in [0.15, 0.2) is 6.29 Å². The van der Waals surface area contributed by atoms with Gasteiger partial charge in [0.05, 0.1) is 24.9 Å². The quantitative estimate of drug-likeness (QED) is 0.0813. The summed E-state index contributed by atoms with van der Waals surface area (Å²) in [7, 11) is 0. The minimum atomic E-state index is -0.667. The molecule has 0 bridgehead atoms. The second-order valence-electron chi connectivity index (χ2n) is 9.24. The van der Waals surface area contributed by atoms with Gasteiger partial charge in [-0.15, -0.1) is 0 Å². The van der Waals surface area contributed by atoms with Crippen LogP contribution in [0.5, 0.6) is 5.75 Å². The Bertz CT molecular complexity index is 767. The number of aliphatic hydroxyl groups excluding tert-OH is 1. The monoisotopic (exact) mass is 546 g/mol. The van der Waals surface area contributed by atoms with E-state index in [1.807, 2.05) is 64.1 Å². The fourth-order valence-corrected chi connectivity index (χ4v) is 4.03. The summed E-state index contributed by atoms with van der Waals surface area (Å²) in [5.74, 6) is 0.844. The third-order valence-corrected chi connectivity index (χ3v) is 6.04. The van der Waals surface area contributed by atoms with Crippen molar-refractivity contribution in [1.29, 1.82) is 0 Å². The minimum absolute atomic E-state index is 0.0157. The van der Waals surface area contributed by atoms with Gasteiger partial charge in [0.2, 0.25) is 0 Å². The van der Waals surface area contributed by atoms with Gasteiger partial charge in [0, 0.05) is 32.8 Å². The lowest BCUT2D eigenvalue weighted by atomic mass is 10.1. The number of aliphatic hydroxyl groups is 1. The molecule has 0 aliphatic carbocycles. The zero-order chi connectivity index (χ0) is 28.6. The van der Waals surface area contributed by atoms with E-state index in [1.54, 1.807) is 0 Å². The topological polar surface area (TPSA) is 66.4 Å². The molecule has 3 atom stereocenters. The molecule has 1 aromatic rings. The number of hydrogen-bond donors (Lipinski definition) is 1. The predicted octanol–water partition coefficient (Wildman–Crippen LogP) is 7.73. The molecule has 0 radical (unpaired) electrons. The first-order valence-corrected chi connectivity index (χ1v) is 14.9. The van der Waals surface area contributed by atoms with E-state index in [-0.39, 0.29) is 18.5 Å². The van der Waals surface area contributed by atoms with Crippen LogP contribution in [0.15, 0.2) is 60.7 Å². The molecule has 0 saturated carbocycles. The van der Waals surface area contributed by atoms with Gasteiger partial charge < -0.3 is 28.8 Å². The van der Waals surface area contributed by atoms with Crippen molar-refractivity contribution in [3.63, 3.8) is 0 Å². The van der Waals surface area contributed by atoms with E-state index in [0.29, 0.717) is 39.3 Å². The number of unbranched alkanes of at least 4 members (excludes halogenated alkanes) is 3. The van der Waals surface area contributed by atoms with Crippen molar-refractivity contribution in [2.24, 2.45) is 0 Å². The van der Waals surface area contributed by atoms with Gasteiger partial charge in [-0.2, -0.15) is 0 Å². The smallest absolute Gasteiger partial charge is 0.160 e. The molecule has 0 saturated heterocycles. The molecular formula is C33H54O6. The molecule has 6 heteroatoms. The Hall–Kier alpha value is -1.96. The van der Waals surface area contributed by atoms with Crippen molar-refractivity contribution in [3.8, 4) is 5.75 Å². The predicted molar refractivity (Wildman–Crippen MR) is 160 cm³/mol. The third-order valence-electron chi connectivity index (χ3n) is 6.04. The maximum absolute atomic E-state index is 10.6. The molecule has 6 nitrogen and oxygen atoms in total. The first kappa shape index (κ1) is 35.1. The molecule has 39 heavy (non-hydrogen) atoms. The molecule has 0 fully saturated rings. The SMILES string of the molecule is CCCCCCOc1ccc(C(O)/C=C/CC(/C=C/CC(/C=C/CC(OCC)OCC)OCC)OCC)cc1. The number of ether oxygens (including phenoxy) is 5. The van der Waals surface area contributed by atoms with Crippen molar-refractivity contribution >= 4 is 0 Å². The molecule has 0 amide bonds. The van der Waals surface area contributed by atoms with Crippen LogP contribution < -0.4 is 4.74 Å². The van der Waals surface area contributed by atoms with Crippen LogP contribution in [0.1, 0.15) is 91.2 Å². The largest absolute Gasteiger partial charge is 0.494 e. The molecule has 1 N–H and O–H groups in total. The lowest BCUT2D eigenvalue weighted by molar-refractivity contribution is -0.133. The molecule has 0 aliphatic heterocycles. The highest BCUT2D eigenvalue weighted by molar-refractivity contribution is 5.30. The Kier molecular flexibility index (Phi) is 21.5. The number of rotatable bonds is 24. The molecule has 0 aliphatic rings. The molecule has 3 unspecified atom stereocenters. The van der Waals surface area contributed by atoms with Crippen molar-refractivity contribution in [3.05, 3.63) is 66.3 Å². The summed E-state index contributed by atoms with van der Waals surface area (Å²) in [4.78, 5) is 0. The van der Waals surface area contributed by atoms with Gasteiger partial charge in [-0.1, -0.05) is 74.8 Å². The second kappa shape index (κ2) is 23.9. The van der Waals surface area contributed by atoms with Gasteiger partial charge in [-0.25, -0.2) is 0 Å². The number of benzene rings is 1. The van der Waals surface area contributed by atoms with Crippen molar-refractivity contribution in [2.75, 3.05) is 33.0 Å². The third kappa shape index (κ3) is 17.4. The van der Waals surface area contributed by atoms with Crippen molar-refractivity contribution in [2.45, 2.75) is 104 Å². The first-order valence-electron chi connectivity index (χ1n) is 14.9. The van der Waals surface area contributed by atoms with E-state index in [4.69, 9.17) is 23.7 Å². The maximum atomic E-state index is 10.6. The molecule has 1 rings (SSSR count). The van der Waals surface area contributed by atoms with E-state index in [2.05, 4.69) is 31.2 Å². The molecule has 1 aromatic carbocycles. The highest BCUT2D eigenvalue weighted by Crippen LogP contribution is 2.20. The highest BCUT2D eigenvalue weighted by Gasteiger charge is 2.08. The Morgan fingerprint density at radius 1 is 0.641 bits per heavy atom. The average molecular weight is 547 g/mol.